The molecule has 0 radical (unpaired) electrons. The molecule has 0 atom stereocenters. The topological polar surface area (TPSA) is 51.2 Å². The summed E-state index contributed by atoms with van der Waals surface area (Å²) in [4.78, 5) is 15.7. The minimum Gasteiger partial charge on any atom is -0.381 e. The molecule has 0 aliphatic carbocycles. The van der Waals surface area contributed by atoms with E-state index in [-0.39, 0.29) is 5.91 Å². The standard InChI is InChI=1S/C14H20N2O2/c17-14(13-5-1-2-8-15-13)16-9-3-4-12-6-10-18-11-7-12/h1-2,5,8,12H,3-4,6-7,9-11H2,(H,16,17). The highest BCUT2D eigenvalue weighted by Gasteiger charge is 2.13. The minimum atomic E-state index is -0.0809. The van der Waals surface area contributed by atoms with Gasteiger partial charge in [0.25, 0.3) is 5.91 Å². The van der Waals surface area contributed by atoms with Gasteiger partial charge in [0.2, 0.25) is 0 Å². The molecule has 1 N–H and O–H groups in total. The van der Waals surface area contributed by atoms with Crippen LogP contribution in [0.4, 0.5) is 0 Å². The van der Waals surface area contributed by atoms with Crippen molar-refractivity contribution in [2.24, 2.45) is 5.92 Å². The number of ether oxygens (including phenoxy) is 1. The first-order valence-electron chi connectivity index (χ1n) is 6.63. The van der Waals surface area contributed by atoms with E-state index in [2.05, 4.69) is 10.3 Å². The van der Waals surface area contributed by atoms with E-state index in [0.717, 1.165) is 44.9 Å². The minimum absolute atomic E-state index is 0.0809. The van der Waals surface area contributed by atoms with Gasteiger partial charge in [0.05, 0.1) is 0 Å². The highest BCUT2D eigenvalue weighted by Crippen LogP contribution is 2.19. The van der Waals surface area contributed by atoms with Crippen LogP contribution < -0.4 is 5.32 Å². The van der Waals surface area contributed by atoms with Crippen LogP contribution in [0.25, 0.3) is 0 Å². The van der Waals surface area contributed by atoms with Crippen LogP contribution in [-0.4, -0.2) is 30.6 Å². The third kappa shape index (κ3) is 4.11. The van der Waals surface area contributed by atoms with Crippen molar-refractivity contribution < 1.29 is 9.53 Å². The van der Waals surface area contributed by atoms with Gasteiger partial charge in [-0.05, 0) is 43.7 Å². The van der Waals surface area contributed by atoms with Crippen LogP contribution in [0.2, 0.25) is 0 Å². The van der Waals surface area contributed by atoms with Crippen LogP contribution in [0.3, 0.4) is 0 Å². The molecule has 2 heterocycles. The lowest BCUT2D eigenvalue weighted by Crippen LogP contribution is -2.26. The summed E-state index contributed by atoms with van der Waals surface area (Å²) in [5, 5.41) is 2.91. The summed E-state index contributed by atoms with van der Waals surface area (Å²) in [5.41, 5.74) is 0.489. The number of nitrogens with zero attached hydrogens (tertiary/aromatic N) is 1. The summed E-state index contributed by atoms with van der Waals surface area (Å²) in [7, 11) is 0. The maximum atomic E-state index is 11.7. The molecule has 2 rings (SSSR count). The molecule has 1 aromatic rings. The zero-order valence-corrected chi connectivity index (χ0v) is 10.6. The van der Waals surface area contributed by atoms with E-state index < -0.39 is 0 Å². The Labute approximate surface area is 108 Å². The fraction of sp³-hybridized carbons (Fsp3) is 0.571. The van der Waals surface area contributed by atoms with Gasteiger partial charge < -0.3 is 10.1 Å². The van der Waals surface area contributed by atoms with Crippen molar-refractivity contribution >= 4 is 5.91 Å². The molecule has 0 aromatic carbocycles. The molecule has 98 valence electrons. The van der Waals surface area contributed by atoms with Crippen molar-refractivity contribution in [3.05, 3.63) is 30.1 Å². The molecular weight excluding hydrogens is 228 g/mol. The molecule has 4 heteroatoms. The van der Waals surface area contributed by atoms with Crippen molar-refractivity contribution in [2.45, 2.75) is 25.7 Å². The number of amides is 1. The number of pyridine rings is 1. The van der Waals surface area contributed by atoms with E-state index in [1.807, 2.05) is 12.1 Å². The van der Waals surface area contributed by atoms with E-state index in [4.69, 9.17) is 4.74 Å². The Balaban J connectivity index is 1.62. The summed E-state index contributed by atoms with van der Waals surface area (Å²) in [5.74, 6) is 0.688. The van der Waals surface area contributed by atoms with Crippen LogP contribution in [-0.2, 0) is 4.74 Å². The molecular formula is C14H20N2O2. The summed E-state index contributed by atoms with van der Waals surface area (Å²) in [6.07, 6.45) is 6.16. The van der Waals surface area contributed by atoms with Gasteiger partial charge in [0.15, 0.2) is 0 Å². The Morgan fingerprint density at radius 1 is 1.39 bits per heavy atom. The lowest BCUT2D eigenvalue weighted by Gasteiger charge is -2.21. The molecule has 1 aromatic heterocycles. The molecule has 1 aliphatic heterocycles. The molecule has 1 aliphatic rings. The van der Waals surface area contributed by atoms with E-state index >= 15 is 0 Å². The number of nitrogens with one attached hydrogen (secondary N) is 1. The maximum absolute atomic E-state index is 11.7. The maximum Gasteiger partial charge on any atom is 0.269 e. The summed E-state index contributed by atoms with van der Waals surface area (Å²) < 4.78 is 5.32. The van der Waals surface area contributed by atoms with Gasteiger partial charge in [-0.1, -0.05) is 6.07 Å². The number of rotatable bonds is 5. The van der Waals surface area contributed by atoms with Gasteiger partial charge in [-0.2, -0.15) is 0 Å². The number of hydrogen-bond acceptors (Lipinski definition) is 3. The lowest BCUT2D eigenvalue weighted by atomic mass is 9.95. The van der Waals surface area contributed by atoms with Crippen molar-refractivity contribution in [3.63, 3.8) is 0 Å². The van der Waals surface area contributed by atoms with Crippen molar-refractivity contribution in [1.82, 2.24) is 10.3 Å². The van der Waals surface area contributed by atoms with Crippen molar-refractivity contribution in [2.75, 3.05) is 19.8 Å². The Hall–Kier alpha value is -1.42. The largest absolute Gasteiger partial charge is 0.381 e. The second-order valence-electron chi connectivity index (χ2n) is 4.67. The van der Waals surface area contributed by atoms with Gasteiger partial charge in [0, 0.05) is 26.0 Å². The van der Waals surface area contributed by atoms with Gasteiger partial charge in [0.1, 0.15) is 5.69 Å². The Kier molecular flexibility index (Phi) is 5.15. The first-order valence-corrected chi connectivity index (χ1v) is 6.63. The molecule has 1 amide bonds. The van der Waals surface area contributed by atoms with E-state index in [1.54, 1.807) is 12.3 Å². The van der Waals surface area contributed by atoms with Crippen molar-refractivity contribution in [1.29, 1.82) is 0 Å². The highest BCUT2D eigenvalue weighted by atomic mass is 16.5. The van der Waals surface area contributed by atoms with E-state index in [9.17, 15) is 4.79 Å². The molecule has 0 saturated carbocycles. The molecule has 0 unspecified atom stereocenters. The summed E-state index contributed by atoms with van der Waals surface area (Å²) in [6, 6.07) is 5.36. The van der Waals surface area contributed by atoms with Crippen LogP contribution in [0.15, 0.2) is 24.4 Å². The summed E-state index contributed by atoms with van der Waals surface area (Å²) >= 11 is 0. The predicted molar refractivity (Wildman–Crippen MR) is 69.3 cm³/mol. The van der Waals surface area contributed by atoms with Crippen LogP contribution in [0.5, 0.6) is 0 Å². The van der Waals surface area contributed by atoms with Gasteiger partial charge >= 0.3 is 0 Å². The number of hydrogen-bond donors (Lipinski definition) is 1. The fourth-order valence-corrected chi connectivity index (χ4v) is 2.22. The third-order valence-corrected chi connectivity index (χ3v) is 3.31. The van der Waals surface area contributed by atoms with E-state index in [0.29, 0.717) is 5.69 Å². The predicted octanol–water partition coefficient (Wildman–Crippen LogP) is 2.02. The average molecular weight is 248 g/mol. The lowest BCUT2D eigenvalue weighted by molar-refractivity contribution is 0.0631. The number of carbonyl (C=O) groups is 1. The van der Waals surface area contributed by atoms with Crippen LogP contribution in [0, 0.1) is 5.92 Å². The van der Waals surface area contributed by atoms with Crippen LogP contribution >= 0.6 is 0 Å². The first kappa shape index (κ1) is 13.0. The monoisotopic (exact) mass is 248 g/mol. The first-order chi connectivity index (χ1) is 8.86. The zero-order valence-electron chi connectivity index (χ0n) is 10.6. The van der Waals surface area contributed by atoms with Crippen molar-refractivity contribution in [3.8, 4) is 0 Å². The van der Waals surface area contributed by atoms with E-state index in [1.165, 1.54) is 6.42 Å². The highest BCUT2D eigenvalue weighted by molar-refractivity contribution is 5.92. The SMILES string of the molecule is O=C(NCCCC1CCOCC1)c1ccccn1. The number of aromatic nitrogens is 1. The van der Waals surface area contributed by atoms with Crippen LogP contribution in [0.1, 0.15) is 36.2 Å². The normalized spacial score (nSPS) is 16.4. The Morgan fingerprint density at radius 2 is 2.22 bits per heavy atom. The summed E-state index contributed by atoms with van der Waals surface area (Å²) in [6.45, 7) is 2.52. The molecule has 4 nitrogen and oxygen atoms in total. The quantitative estimate of drug-likeness (QED) is 0.811. The Morgan fingerprint density at radius 3 is 2.94 bits per heavy atom. The Bertz CT molecular complexity index is 361. The second kappa shape index (κ2) is 7.11. The smallest absolute Gasteiger partial charge is 0.269 e. The average Bonchev–Trinajstić information content (AvgIpc) is 2.45. The molecule has 18 heavy (non-hydrogen) atoms. The molecule has 1 fully saturated rings. The number of carbonyl (C=O) groups excluding carboxylic acids is 1. The van der Waals surface area contributed by atoms with Gasteiger partial charge in [-0.3, -0.25) is 9.78 Å². The molecule has 0 spiro atoms. The third-order valence-electron chi connectivity index (χ3n) is 3.31. The fourth-order valence-electron chi connectivity index (χ4n) is 2.22. The molecule has 0 bridgehead atoms. The van der Waals surface area contributed by atoms with Gasteiger partial charge in [-0.15, -0.1) is 0 Å². The second-order valence-corrected chi connectivity index (χ2v) is 4.67. The zero-order chi connectivity index (χ0) is 12.6. The van der Waals surface area contributed by atoms with Gasteiger partial charge in [-0.25, -0.2) is 0 Å². The molecule has 1 saturated heterocycles.